The number of aryl methyl sites for hydroxylation is 1. The van der Waals surface area contributed by atoms with Crippen LogP contribution >= 0.6 is 0 Å². The second kappa shape index (κ2) is 5.88. The van der Waals surface area contributed by atoms with Gasteiger partial charge in [-0.3, -0.25) is 0 Å². The van der Waals surface area contributed by atoms with Crippen molar-refractivity contribution in [2.45, 2.75) is 20.0 Å². The lowest BCUT2D eigenvalue weighted by Gasteiger charge is -2.09. The maximum atomic E-state index is 8.66. The second-order valence-electron chi connectivity index (χ2n) is 4.20. The molecule has 0 unspecified atom stereocenters. The van der Waals surface area contributed by atoms with Crippen molar-refractivity contribution in [1.82, 2.24) is 0 Å². The second-order valence-corrected chi connectivity index (χ2v) is 4.20. The molecule has 0 bridgehead atoms. The molecule has 0 heterocycles. The van der Waals surface area contributed by atoms with Gasteiger partial charge in [0.25, 0.3) is 0 Å². The van der Waals surface area contributed by atoms with E-state index in [1.165, 1.54) is 11.1 Å². The summed E-state index contributed by atoms with van der Waals surface area (Å²) >= 11 is 0. The van der Waals surface area contributed by atoms with E-state index in [0.717, 1.165) is 11.3 Å². The van der Waals surface area contributed by atoms with Gasteiger partial charge >= 0.3 is 0 Å². The molecular weight excluding hydrogens is 222 g/mol. The molecule has 2 rings (SSSR count). The predicted molar refractivity (Wildman–Crippen MR) is 71.3 cm³/mol. The van der Waals surface area contributed by atoms with Gasteiger partial charge in [0.05, 0.1) is 12.5 Å². The number of benzene rings is 2. The molecule has 2 aromatic carbocycles. The molecule has 2 aromatic rings. The van der Waals surface area contributed by atoms with Crippen LogP contribution in [0.1, 0.15) is 16.7 Å². The maximum absolute atomic E-state index is 8.66. The molecule has 0 aromatic heterocycles. The molecular formula is C16H15NO. The number of ether oxygens (including phenoxy) is 1. The highest BCUT2D eigenvalue weighted by Crippen LogP contribution is 2.16. The molecule has 0 spiro atoms. The van der Waals surface area contributed by atoms with E-state index in [-0.39, 0.29) is 0 Å². The third-order valence-electron chi connectivity index (χ3n) is 2.84. The first-order valence-electron chi connectivity index (χ1n) is 5.93. The fraction of sp³-hybridized carbons (Fsp3) is 0.188. The van der Waals surface area contributed by atoms with Crippen LogP contribution in [0.15, 0.2) is 48.5 Å². The van der Waals surface area contributed by atoms with Crippen LogP contribution < -0.4 is 4.74 Å². The molecule has 0 aliphatic heterocycles. The van der Waals surface area contributed by atoms with E-state index < -0.39 is 0 Å². The van der Waals surface area contributed by atoms with Crippen molar-refractivity contribution < 1.29 is 4.74 Å². The predicted octanol–water partition coefficient (Wildman–Crippen LogP) is 3.64. The minimum Gasteiger partial charge on any atom is -0.489 e. The molecule has 2 nitrogen and oxygen atoms in total. The summed E-state index contributed by atoms with van der Waals surface area (Å²) in [7, 11) is 0. The van der Waals surface area contributed by atoms with Crippen LogP contribution in [0.5, 0.6) is 5.75 Å². The lowest BCUT2D eigenvalue weighted by atomic mass is 10.1. The monoisotopic (exact) mass is 237 g/mol. The molecule has 0 radical (unpaired) electrons. The summed E-state index contributed by atoms with van der Waals surface area (Å²) in [5.74, 6) is 0.811. The third-order valence-corrected chi connectivity index (χ3v) is 2.84. The van der Waals surface area contributed by atoms with Crippen LogP contribution in [-0.2, 0) is 13.0 Å². The van der Waals surface area contributed by atoms with Gasteiger partial charge in [0.1, 0.15) is 12.4 Å². The zero-order chi connectivity index (χ0) is 12.8. The molecule has 0 saturated carbocycles. The van der Waals surface area contributed by atoms with E-state index in [4.69, 9.17) is 10.00 Å². The fourth-order valence-corrected chi connectivity index (χ4v) is 1.77. The number of hydrogen-bond acceptors (Lipinski definition) is 2. The Balaban J connectivity index is 2.04. The number of rotatable bonds is 4. The van der Waals surface area contributed by atoms with Gasteiger partial charge in [0, 0.05) is 0 Å². The van der Waals surface area contributed by atoms with E-state index in [1.807, 2.05) is 36.4 Å². The molecule has 0 N–H and O–H groups in total. The number of hydrogen-bond donors (Lipinski definition) is 0. The van der Waals surface area contributed by atoms with Gasteiger partial charge in [-0.05, 0) is 35.7 Å². The van der Waals surface area contributed by atoms with Crippen molar-refractivity contribution in [3.8, 4) is 11.8 Å². The van der Waals surface area contributed by atoms with Crippen LogP contribution in [0.2, 0.25) is 0 Å². The fourth-order valence-electron chi connectivity index (χ4n) is 1.77. The van der Waals surface area contributed by atoms with Crippen LogP contribution in [0, 0.1) is 18.3 Å². The number of nitriles is 1. The van der Waals surface area contributed by atoms with Crippen LogP contribution in [0.25, 0.3) is 0 Å². The molecule has 90 valence electrons. The van der Waals surface area contributed by atoms with Crippen molar-refractivity contribution in [2.24, 2.45) is 0 Å². The van der Waals surface area contributed by atoms with Gasteiger partial charge in [0.15, 0.2) is 0 Å². The van der Waals surface area contributed by atoms with Crippen molar-refractivity contribution in [2.75, 3.05) is 0 Å². The minimum absolute atomic E-state index is 0.418. The maximum Gasteiger partial charge on any atom is 0.120 e. The Bertz CT molecular complexity index is 569. The summed E-state index contributed by atoms with van der Waals surface area (Å²) in [5.41, 5.74) is 3.40. The Morgan fingerprint density at radius 2 is 1.94 bits per heavy atom. The molecule has 0 saturated heterocycles. The summed E-state index contributed by atoms with van der Waals surface area (Å²) in [6.45, 7) is 2.63. The Kier molecular flexibility index (Phi) is 3.98. The van der Waals surface area contributed by atoms with E-state index in [2.05, 4.69) is 25.1 Å². The first kappa shape index (κ1) is 12.2. The van der Waals surface area contributed by atoms with Crippen LogP contribution in [0.3, 0.4) is 0 Å². The Morgan fingerprint density at radius 1 is 1.11 bits per heavy atom. The molecule has 0 fully saturated rings. The quantitative estimate of drug-likeness (QED) is 0.813. The van der Waals surface area contributed by atoms with Gasteiger partial charge in [0.2, 0.25) is 0 Å². The zero-order valence-electron chi connectivity index (χ0n) is 10.4. The van der Waals surface area contributed by atoms with Crippen molar-refractivity contribution >= 4 is 0 Å². The smallest absolute Gasteiger partial charge is 0.120 e. The van der Waals surface area contributed by atoms with Crippen molar-refractivity contribution in [3.05, 3.63) is 65.2 Å². The summed E-state index contributed by atoms with van der Waals surface area (Å²) in [5, 5.41) is 8.66. The molecule has 0 amide bonds. The molecule has 0 aliphatic carbocycles. The first-order valence-corrected chi connectivity index (χ1v) is 5.93. The summed E-state index contributed by atoms with van der Waals surface area (Å²) in [6, 6.07) is 18.0. The average Bonchev–Trinajstić information content (AvgIpc) is 2.39. The third kappa shape index (κ3) is 3.11. The molecule has 18 heavy (non-hydrogen) atoms. The standard InChI is InChI=1S/C16H15NO/c1-13-5-2-3-7-15(13)12-18-16-8-4-6-14(11-16)9-10-17/h2-8,11H,9,12H2,1H3. The highest BCUT2D eigenvalue weighted by Gasteiger charge is 2.00. The molecule has 2 heteroatoms. The SMILES string of the molecule is Cc1ccccc1COc1cccc(CC#N)c1. The van der Waals surface area contributed by atoms with E-state index >= 15 is 0 Å². The summed E-state index contributed by atoms with van der Waals surface area (Å²) in [4.78, 5) is 0. The molecule has 0 atom stereocenters. The van der Waals surface area contributed by atoms with Gasteiger partial charge in [-0.25, -0.2) is 0 Å². The van der Waals surface area contributed by atoms with E-state index in [9.17, 15) is 0 Å². The first-order chi connectivity index (χ1) is 8.79. The largest absolute Gasteiger partial charge is 0.489 e. The highest BCUT2D eigenvalue weighted by atomic mass is 16.5. The Labute approximate surface area is 107 Å². The summed E-state index contributed by atoms with van der Waals surface area (Å²) < 4.78 is 5.75. The Morgan fingerprint density at radius 3 is 2.72 bits per heavy atom. The average molecular weight is 237 g/mol. The summed E-state index contributed by atoms with van der Waals surface area (Å²) in [6.07, 6.45) is 0.418. The minimum atomic E-state index is 0.418. The lowest BCUT2D eigenvalue weighted by molar-refractivity contribution is 0.305. The van der Waals surface area contributed by atoms with Crippen molar-refractivity contribution in [1.29, 1.82) is 5.26 Å². The number of nitrogens with zero attached hydrogens (tertiary/aromatic N) is 1. The van der Waals surface area contributed by atoms with Crippen molar-refractivity contribution in [3.63, 3.8) is 0 Å². The molecule has 0 aliphatic rings. The Hall–Kier alpha value is -2.27. The normalized spacial score (nSPS) is 9.78. The van der Waals surface area contributed by atoms with Gasteiger partial charge in [-0.1, -0.05) is 36.4 Å². The van der Waals surface area contributed by atoms with E-state index in [1.54, 1.807) is 0 Å². The van der Waals surface area contributed by atoms with Crippen LogP contribution in [0.4, 0.5) is 0 Å². The van der Waals surface area contributed by atoms with Gasteiger partial charge in [-0.2, -0.15) is 5.26 Å². The zero-order valence-corrected chi connectivity index (χ0v) is 10.4. The lowest BCUT2D eigenvalue weighted by Crippen LogP contribution is -1.98. The topological polar surface area (TPSA) is 33.0 Å². The van der Waals surface area contributed by atoms with Gasteiger partial charge < -0.3 is 4.74 Å². The van der Waals surface area contributed by atoms with Gasteiger partial charge in [-0.15, -0.1) is 0 Å². The van der Waals surface area contributed by atoms with E-state index in [0.29, 0.717) is 13.0 Å². The van der Waals surface area contributed by atoms with Crippen LogP contribution in [-0.4, -0.2) is 0 Å². The highest BCUT2D eigenvalue weighted by molar-refractivity contribution is 5.31.